The lowest BCUT2D eigenvalue weighted by atomic mass is 10.1. The minimum atomic E-state index is -4.39. The maximum absolute atomic E-state index is 13.0. The zero-order valence-corrected chi connectivity index (χ0v) is 12.6. The molecule has 0 aliphatic heterocycles. The highest BCUT2D eigenvalue weighted by Gasteiger charge is 2.34. The molecule has 1 heterocycles. The van der Waals surface area contributed by atoms with Crippen LogP contribution in [-0.4, -0.2) is 16.7 Å². The molecule has 3 nitrogen and oxygen atoms in total. The van der Waals surface area contributed by atoms with E-state index >= 15 is 0 Å². The van der Waals surface area contributed by atoms with E-state index < -0.39 is 11.7 Å². The van der Waals surface area contributed by atoms with E-state index in [0.29, 0.717) is 22.5 Å². The predicted molar refractivity (Wildman–Crippen MR) is 76.9 cm³/mol. The second-order valence-corrected chi connectivity index (χ2v) is 6.13. The first-order chi connectivity index (χ1) is 9.88. The summed E-state index contributed by atoms with van der Waals surface area (Å²) in [4.78, 5) is 0. The highest BCUT2D eigenvalue weighted by Crippen LogP contribution is 2.37. The Hall–Kier alpha value is -1.47. The van der Waals surface area contributed by atoms with Crippen LogP contribution in [0.1, 0.15) is 24.4 Å². The second kappa shape index (κ2) is 6.53. The molecule has 0 saturated carbocycles. The summed E-state index contributed by atoms with van der Waals surface area (Å²) in [6, 6.07) is 5.43. The van der Waals surface area contributed by atoms with Crippen LogP contribution in [0.3, 0.4) is 0 Å². The highest BCUT2D eigenvalue weighted by atomic mass is 32.1. The van der Waals surface area contributed by atoms with Crippen LogP contribution < -0.4 is 5.32 Å². The van der Waals surface area contributed by atoms with Crippen molar-refractivity contribution in [2.75, 3.05) is 6.54 Å². The molecular formula is C14H16F3N3S. The monoisotopic (exact) mass is 315 g/mol. The van der Waals surface area contributed by atoms with Gasteiger partial charge in [-0.05, 0) is 18.5 Å². The highest BCUT2D eigenvalue weighted by molar-refractivity contribution is 7.14. The number of halogens is 3. The van der Waals surface area contributed by atoms with Gasteiger partial charge in [0.05, 0.1) is 5.56 Å². The zero-order valence-electron chi connectivity index (χ0n) is 11.7. The number of hydrogen-bond donors (Lipinski definition) is 1. The quantitative estimate of drug-likeness (QED) is 0.907. The molecule has 0 unspecified atom stereocenters. The van der Waals surface area contributed by atoms with Crippen LogP contribution in [0.5, 0.6) is 0 Å². The lowest BCUT2D eigenvalue weighted by Gasteiger charge is -2.09. The van der Waals surface area contributed by atoms with E-state index in [2.05, 4.69) is 29.4 Å². The van der Waals surface area contributed by atoms with Gasteiger partial charge in [-0.25, -0.2) is 0 Å². The van der Waals surface area contributed by atoms with Crippen molar-refractivity contribution < 1.29 is 13.2 Å². The maximum Gasteiger partial charge on any atom is 0.417 e. The van der Waals surface area contributed by atoms with Crippen LogP contribution in [0.2, 0.25) is 0 Å². The Kier molecular flexibility index (Phi) is 4.95. The van der Waals surface area contributed by atoms with Gasteiger partial charge in [0.2, 0.25) is 0 Å². The fourth-order valence-corrected chi connectivity index (χ4v) is 2.67. The number of nitrogens with zero attached hydrogens (tertiary/aromatic N) is 2. The Morgan fingerprint density at radius 2 is 1.90 bits per heavy atom. The number of rotatable bonds is 5. The molecule has 0 atom stereocenters. The average Bonchev–Trinajstić information content (AvgIpc) is 2.86. The largest absolute Gasteiger partial charge is 0.417 e. The number of nitrogens with one attached hydrogen (secondary N) is 1. The molecule has 1 aromatic heterocycles. The van der Waals surface area contributed by atoms with Crippen LogP contribution in [0.15, 0.2) is 24.3 Å². The molecule has 7 heteroatoms. The summed E-state index contributed by atoms with van der Waals surface area (Å²) in [5, 5.41) is 12.0. The van der Waals surface area contributed by atoms with Gasteiger partial charge in [0.1, 0.15) is 10.0 Å². The molecule has 0 radical (unpaired) electrons. The van der Waals surface area contributed by atoms with Gasteiger partial charge in [-0.2, -0.15) is 13.2 Å². The van der Waals surface area contributed by atoms with E-state index in [1.807, 2.05) is 0 Å². The van der Waals surface area contributed by atoms with E-state index in [9.17, 15) is 13.2 Å². The molecule has 114 valence electrons. The molecule has 21 heavy (non-hydrogen) atoms. The summed E-state index contributed by atoms with van der Waals surface area (Å²) in [7, 11) is 0. The van der Waals surface area contributed by atoms with Crippen molar-refractivity contribution in [1.29, 1.82) is 0 Å². The Morgan fingerprint density at radius 1 is 1.19 bits per heavy atom. The van der Waals surface area contributed by atoms with E-state index in [1.165, 1.54) is 23.5 Å². The molecule has 0 bridgehead atoms. The van der Waals surface area contributed by atoms with Crippen LogP contribution in [-0.2, 0) is 12.7 Å². The topological polar surface area (TPSA) is 37.8 Å². The summed E-state index contributed by atoms with van der Waals surface area (Å²) in [5.74, 6) is 0.503. The molecule has 0 aliphatic rings. The van der Waals surface area contributed by atoms with Crippen LogP contribution in [0.4, 0.5) is 13.2 Å². The molecule has 0 amide bonds. The van der Waals surface area contributed by atoms with Crippen molar-refractivity contribution in [2.45, 2.75) is 26.6 Å². The number of aromatic nitrogens is 2. The molecule has 0 saturated heterocycles. The third kappa shape index (κ3) is 4.25. The summed E-state index contributed by atoms with van der Waals surface area (Å²) in [6.07, 6.45) is -4.39. The van der Waals surface area contributed by atoms with Crippen LogP contribution >= 0.6 is 11.3 Å². The van der Waals surface area contributed by atoms with Crippen molar-refractivity contribution in [3.05, 3.63) is 34.8 Å². The molecule has 1 aromatic carbocycles. The van der Waals surface area contributed by atoms with E-state index in [1.54, 1.807) is 6.07 Å². The Balaban J connectivity index is 2.18. The minimum Gasteiger partial charge on any atom is -0.310 e. The summed E-state index contributed by atoms with van der Waals surface area (Å²) >= 11 is 1.18. The Bertz CT molecular complexity index is 593. The van der Waals surface area contributed by atoms with Gasteiger partial charge in [-0.3, -0.25) is 0 Å². The standard InChI is InChI=1S/C14H16F3N3S/c1-9(2)7-18-8-12-19-20-13(21-12)10-5-3-4-6-11(10)14(15,16)17/h3-6,9,18H,7-8H2,1-2H3. The summed E-state index contributed by atoms with van der Waals surface area (Å²) in [6.45, 7) is 5.51. The molecular weight excluding hydrogens is 299 g/mol. The van der Waals surface area contributed by atoms with Gasteiger partial charge >= 0.3 is 6.18 Å². The lowest BCUT2D eigenvalue weighted by molar-refractivity contribution is -0.137. The number of hydrogen-bond acceptors (Lipinski definition) is 4. The van der Waals surface area contributed by atoms with Crippen molar-refractivity contribution in [3.63, 3.8) is 0 Å². The normalized spacial score (nSPS) is 12.1. The summed E-state index contributed by atoms with van der Waals surface area (Å²) < 4.78 is 38.9. The van der Waals surface area contributed by atoms with E-state index in [-0.39, 0.29) is 5.56 Å². The zero-order chi connectivity index (χ0) is 15.5. The fourth-order valence-electron chi connectivity index (χ4n) is 1.82. The van der Waals surface area contributed by atoms with Gasteiger partial charge in [0, 0.05) is 12.1 Å². The first-order valence-electron chi connectivity index (χ1n) is 6.57. The van der Waals surface area contributed by atoms with Gasteiger partial charge in [-0.1, -0.05) is 43.4 Å². The molecule has 0 spiro atoms. The molecule has 0 fully saturated rings. The lowest BCUT2D eigenvalue weighted by Crippen LogP contribution is -2.18. The molecule has 1 N–H and O–H groups in total. The molecule has 0 aliphatic carbocycles. The van der Waals surface area contributed by atoms with Crippen molar-refractivity contribution in [1.82, 2.24) is 15.5 Å². The van der Waals surface area contributed by atoms with Gasteiger partial charge in [0.25, 0.3) is 0 Å². The molecule has 2 rings (SSSR count). The van der Waals surface area contributed by atoms with Gasteiger partial charge in [0.15, 0.2) is 0 Å². The van der Waals surface area contributed by atoms with Crippen LogP contribution in [0.25, 0.3) is 10.6 Å². The first kappa shape index (κ1) is 15.9. The predicted octanol–water partition coefficient (Wildman–Crippen LogP) is 3.97. The van der Waals surface area contributed by atoms with Gasteiger partial charge < -0.3 is 5.32 Å². The van der Waals surface area contributed by atoms with Gasteiger partial charge in [-0.15, -0.1) is 10.2 Å². The Morgan fingerprint density at radius 3 is 2.57 bits per heavy atom. The Labute approximate surface area is 125 Å². The maximum atomic E-state index is 13.0. The minimum absolute atomic E-state index is 0.0811. The second-order valence-electron chi connectivity index (χ2n) is 5.07. The number of alkyl halides is 3. The van der Waals surface area contributed by atoms with Crippen molar-refractivity contribution >= 4 is 11.3 Å². The van der Waals surface area contributed by atoms with Crippen LogP contribution in [0, 0.1) is 5.92 Å². The summed E-state index contributed by atoms with van der Waals surface area (Å²) in [5.41, 5.74) is -0.597. The van der Waals surface area contributed by atoms with Crippen molar-refractivity contribution in [2.24, 2.45) is 5.92 Å². The SMILES string of the molecule is CC(C)CNCc1nnc(-c2ccccc2C(F)(F)F)s1. The number of benzene rings is 1. The van der Waals surface area contributed by atoms with Crippen molar-refractivity contribution in [3.8, 4) is 10.6 Å². The third-order valence-corrected chi connectivity index (χ3v) is 3.72. The average molecular weight is 315 g/mol. The third-order valence-electron chi connectivity index (χ3n) is 2.76. The first-order valence-corrected chi connectivity index (χ1v) is 7.39. The fraction of sp³-hybridized carbons (Fsp3) is 0.429. The smallest absolute Gasteiger partial charge is 0.310 e. The van der Waals surface area contributed by atoms with E-state index in [4.69, 9.17) is 0 Å². The van der Waals surface area contributed by atoms with E-state index in [0.717, 1.165) is 12.6 Å². The molecule has 2 aromatic rings.